The van der Waals surface area contributed by atoms with Crippen molar-refractivity contribution in [3.63, 3.8) is 0 Å². The number of carbonyl (C=O) groups is 2. The van der Waals surface area contributed by atoms with Crippen molar-refractivity contribution in [3.8, 4) is 0 Å². The van der Waals surface area contributed by atoms with E-state index in [9.17, 15) is 9.59 Å². The molecule has 0 aliphatic heterocycles. The van der Waals surface area contributed by atoms with E-state index in [1.807, 2.05) is 32.9 Å². The number of carbonyl (C=O) groups excluding carboxylic acids is 1. The van der Waals surface area contributed by atoms with Crippen LogP contribution >= 0.6 is 0 Å². The third-order valence-corrected chi connectivity index (χ3v) is 3.79. The monoisotopic (exact) mass is 329 g/mol. The molecule has 1 aromatic carbocycles. The molecule has 128 valence electrons. The van der Waals surface area contributed by atoms with Crippen LogP contribution in [0.1, 0.15) is 49.4 Å². The molecule has 1 heterocycles. The smallest absolute Gasteiger partial charge is 0.306 e. The van der Waals surface area contributed by atoms with Crippen LogP contribution in [0, 0.1) is 5.92 Å². The Hall–Kier alpha value is -2.63. The zero-order valence-corrected chi connectivity index (χ0v) is 14.4. The number of benzene rings is 1. The second-order valence-electron chi connectivity index (χ2n) is 7.01. The summed E-state index contributed by atoms with van der Waals surface area (Å²) in [7, 11) is 0. The van der Waals surface area contributed by atoms with Crippen LogP contribution < -0.4 is 5.32 Å². The molecule has 0 spiro atoms. The van der Waals surface area contributed by atoms with Crippen LogP contribution in [0.3, 0.4) is 0 Å². The minimum atomic E-state index is -0.819. The second kappa shape index (κ2) is 6.86. The Morgan fingerprint density at radius 1 is 1.25 bits per heavy atom. The van der Waals surface area contributed by atoms with E-state index in [0.717, 1.165) is 11.3 Å². The Labute approximate surface area is 141 Å². The van der Waals surface area contributed by atoms with E-state index in [-0.39, 0.29) is 11.3 Å². The largest absolute Gasteiger partial charge is 0.481 e. The minimum absolute atomic E-state index is 0.103. The molecule has 0 fully saturated rings. The van der Waals surface area contributed by atoms with E-state index in [1.165, 1.54) is 0 Å². The van der Waals surface area contributed by atoms with Crippen molar-refractivity contribution in [2.24, 2.45) is 5.92 Å². The second-order valence-corrected chi connectivity index (χ2v) is 7.01. The maximum Gasteiger partial charge on any atom is 0.306 e. The molecular weight excluding hydrogens is 306 g/mol. The number of carboxylic acid groups (broad SMARTS) is 1. The van der Waals surface area contributed by atoms with Crippen LogP contribution in [0.15, 0.2) is 30.3 Å². The first-order valence-corrected chi connectivity index (χ1v) is 7.86. The van der Waals surface area contributed by atoms with Crippen LogP contribution in [-0.2, 0) is 16.6 Å². The summed E-state index contributed by atoms with van der Waals surface area (Å²) in [6.45, 7) is 7.79. The molecule has 2 aromatic rings. The van der Waals surface area contributed by atoms with Gasteiger partial charge in [0.25, 0.3) is 5.91 Å². The van der Waals surface area contributed by atoms with Crippen molar-refractivity contribution in [1.82, 2.24) is 10.2 Å². The molecule has 0 bridgehead atoms. The lowest BCUT2D eigenvalue weighted by molar-refractivity contribution is -0.141. The van der Waals surface area contributed by atoms with Gasteiger partial charge in [-0.25, -0.2) is 0 Å². The van der Waals surface area contributed by atoms with E-state index >= 15 is 0 Å². The number of amides is 1. The third-order valence-electron chi connectivity index (χ3n) is 3.79. The number of aromatic amines is 1. The van der Waals surface area contributed by atoms with Gasteiger partial charge < -0.3 is 10.4 Å². The molecule has 0 aliphatic carbocycles. The summed E-state index contributed by atoms with van der Waals surface area (Å²) in [4.78, 5) is 23.1. The number of hydrogen-bond donors (Lipinski definition) is 3. The van der Waals surface area contributed by atoms with Gasteiger partial charge in [-0.05, 0) is 30.2 Å². The lowest BCUT2D eigenvalue weighted by Crippen LogP contribution is -2.14. The molecule has 1 amide bonds. The highest BCUT2D eigenvalue weighted by Crippen LogP contribution is 2.21. The third kappa shape index (κ3) is 4.44. The first kappa shape index (κ1) is 17.7. The fraction of sp³-hybridized carbons (Fsp3) is 0.389. The van der Waals surface area contributed by atoms with Crippen LogP contribution in [0.5, 0.6) is 0 Å². The molecule has 1 unspecified atom stereocenters. The number of hydrogen-bond acceptors (Lipinski definition) is 3. The van der Waals surface area contributed by atoms with Crippen LogP contribution in [-0.4, -0.2) is 27.2 Å². The van der Waals surface area contributed by atoms with E-state index in [1.54, 1.807) is 25.1 Å². The van der Waals surface area contributed by atoms with Gasteiger partial charge in [0.1, 0.15) is 0 Å². The van der Waals surface area contributed by atoms with Gasteiger partial charge in [0.15, 0.2) is 5.69 Å². The van der Waals surface area contributed by atoms with Gasteiger partial charge >= 0.3 is 5.97 Å². The van der Waals surface area contributed by atoms with E-state index in [2.05, 4.69) is 15.5 Å². The Morgan fingerprint density at radius 2 is 1.88 bits per heavy atom. The fourth-order valence-electron chi connectivity index (χ4n) is 2.18. The summed E-state index contributed by atoms with van der Waals surface area (Å²) < 4.78 is 0. The first-order valence-electron chi connectivity index (χ1n) is 7.86. The highest BCUT2D eigenvalue weighted by Gasteiger charge is 2.19. The maximum absolute atomic E-state index is 12.2. The summed E-state index contributed by atoms with van der Waals surface area (Å²) in [5.41, 5.74) is 2.69. The maximum atomic E-state index is 12.2. The van der Waals surface area contributed by atoms with Crippen LogP contribution in [0.4, 0.5) is 5.69 Å². The number of rotatable bonds is 5. The molecule has 1 atom stereocenters. The first-order chi connectivity index (χ1) is 11.2. The van der Waals surface area contributed by atoms with E-state index in [0.29, 0.717) is 17.8 Å². The molecule has 3 N–H and O–H groups in total. The van der Waals surface area contributed by atoms with Gasteiger partial charge in [0, 0.05) is 16.8 Å². The number of aliphatic carboxylic acids is 1. The van der Waals surface area contributed by atoms with Crippen molar-refractivity contribution >= 4 is 17.6 Å². The number of anilines is 1. The van der Waals surface area contributed by atoms with E-state index in [4.69, 9.17) is 5.11 Å². The number of carboxylic acids is 1. The average Bonchev–Trinajstić information content (AvgIpc) is 2.99. The highest BCUT2D eigenvalue weighted by molar-refractivity contribution is 6.02. The predicted molar refractivity (Wildman–Crippen MR) is 92.2 cm³/mol. The van der Waals surface area contributed by atoms with Crippen molar-refractivity contribution < 1.29 is 14.7 Å². The van der Waals surface area contributed by atoms with Crippen molar-refractivity contribution in [2.45, 2.75) is 39.5 Å². The Morgan fingerprint density at radius 3 is 2.38 bits per heavy atom. The van der Waals surface area contributed by atoms with Crippen molar-refractivity contribution in [3.05, 3.63) is 47.3 Å². The lowest BCUT2D eigenvalue weighted by atomic mass is 9.92. The van der Waals surface area contributed by atoms with Crippen LogP contribution in [0.2, 0.25) is 0 Å². The molecule has 0 saturated heterocycles. The molecule has 0 aliphatic rings. The summed E-state index contributed by atoms with van der Waals surface area (Å²) in [5, 5.41) is 18.7. The Kier molecular flexibility index (Phi) is 5.07. The number of nitrogens with zero attached hydrogens (tertiary/aromatic N) is 1. The number of aromatic nitrogens is 2. The van der Waals surface area contributed by atoms with Gasteiger partial charge in [0.05, 0.1) is 5.92 Å². The van der Waals surface area contributed by atoms with Crippen molar-refractivity contribution in [2.75, 3.05) is 5.32 Å². The molecule has 0 saturated carbocycles. The normalized spacial score (nSPS) is 12.7. The summed E-state index contributed by atoms with van der Waals surface area (Å²) >= 11 is 0. The standard InChI is InChI=1S/C18H23N3O3/c1-11(17(23)24)9-12-5-7-13(8-6-12)19-16(22)14-10-15(21-20-14)18(2,3)4/h5-8,10-11H,9H2,1-4H3,(H,19,22)(H,20,21)(H,23,24). The molecule has 24 heavy (non-hydrogen) atoms. The van der Waals surface area contributed by atoms with Gasteiger partial charge in [0.2, 0.25) is 0 Å². The quantitative estimate of drug-likeness (QED) is 0.785. The minimum Gasteiger partial charge on any atom is -0.481 e. The SMILES string of the molecule is CC(Cc1ccc(NC(=O)c2cc(C(C)(C)C)[nH]n2)cc1)C(=O)O. The Bertz CT molecular complexity index is 727. The Balaban J connectivity index is 2.02. The zero-order chi connectivity index (χ0) is 17.9. The molecule has 6 nitrogen and oxygen atoms in total. The molecule has 1 aromatic heterocycles. The van der Waals surface area contributed by atoms with Crippen molar-refractivity contribution in [1.29, 1.82) is 0 Å². The molecule has 2 rings (SSSR count). The zero-order valence-electron chi connectivity index (χ0n) is 14.4. The fourth-order valence-corrected chi connectivity index (χ4v) is 2.18. The molecule has 6 heteroatoms. The van der Waals surface area contributed by atoms with Gasteiger partial charge in [-0.2, -0.15) is 5.10 Å². The summed E-state index contributed by atoms with van der Waals surface area (Å²) in [6, 6.07) is 8.91. The molecule has 0 radical (unpaired) electrons. The highest BCUT2D eigenvalue weighted by atomic mass is 16.4. The average molecular weight is 329 g/mol. The summed E-state index contributed by atoms with van der Waals surface area (Å²) in [6.07, 6.45) is 0.456. The number of nitrogens with one attached hydrogen (secondary N) is 2. The van der Waals surface area contributed by atoms with Gasteiger partial charge in [-0.15, -0.1) is 0 Å². The molecular formula is C18H23N3O3. The van der Waals surface area contributed by atoms with Crippen LogP contribution in [0.25, 0.3) is 0 Å². The van der Waals surface area contributed by atoms with Gasteiger partial charge in [-0.3, -0.25) is 14.7 Å². The summed E-state index contributed by atoms with van der Waals surface area (Å²) in [5.74, 6) is -1.54. The van der Waals surface area contributed by atoms with Gasteiger partial charge in [-0.1, -0.05) is 39.8 Å². The lowest BCUT2D eigenvalue weighted by Gasteiger charge is -2.14. The van der Waals surface area contributed by atoms with E-state index < -0.39 is 11.9 Å². The topological polar surface area (TPSA) is 95.1 Å². The number of H-pyrrole nitrogens is 1. The predicted octanol–water partition coefficient (Wildman–Crippen LogP) is 3.22.